The fourth-order valence-corrected chi connectivity index (χ4v) is 4.44. The maximum atomic E-state index is 6.38. The molecule has 2 aliphatic rings. The summed E-state index contributed by atoms with van der Waals surface area (Å²) in [7, 11) is 3.88. The van der Waals surface area contributed by atoms with Crippen molar-refractivity contribution >= 4 is 23.4 Å². The Hall–Kier alpha value is -2.14. The fraction of sp³-hybridized carbons (Fsp3) is 0.200. The molecule has 1 aliphatic heterocycles. The molecule has 4 aromatic carbocycles. The van der Waals surface area contributed by atoms with E-state index in [0.29, 0.717) is 0 Å². The standard InChI is InChI=1S/C20H19BNO2.C5H5.Fe/c1-22(2)12-14-8-5-11-17(14)21-23-19-15-9-3-6-13-7-4-10-16(18(13)15)20(19)24-21;1-2-4-5-3-1;/h3-11,19-20H,12H2,1-2H3;1-5H;/q-1;-5;/t19-,20+;;. The number of hydrogen-bond donors (Lipinski definition) is 0. The van der Waals surface area contributed by atoms with Crippen LogP contribution in [0.5, 0.6) is 0 Å². The quantitative estimate of drug-likeness (QED) is 0.347. The van der Waals surface area contributed by atoms with Gasteiger partial charge in [-0.2, -0.15) is 11.6 Å². The number of hydrogen-bond acceptors (Lipinski definition) is 3. The van der Waals surface area contributed by atoms with Crippen LogP contribution in [-0.4, -0.2) is 26.1 Å². The molecule has 158 valence electrons. The van der Waals surface area contributed by atoms with Crippen LogP contribution in [0.2, 0.25) is 0 Å². The average molecular weight is 437 g/mol. The van der Waals surface area contributed by atoms with E-state index in [-0.39, 0.29) is 36.4 Å². The second-order valence-electron chi connectivity index (χ2n) is 7.94. The topological polar surface area (TPSA) is 21.7 Å². The molecule has 0 saturated carbocycles. The van der Waals surface area contributed by atoms with Crippen molar-refractivity contribution in [1.29, 1.82) is 0 Å². The Labute approximate surface area is 189 Å². The second-order valence-corrected chi connectivity index (χ2v) is 7.94. The first kappa shape index (κ1) is 21.1. The van der Waals surface area contributed by atoms with Gasteiger partial charge in [0.1, 0.15) is 0 Å². The Bertz CT molecular complexity index is 1040. The van der Waals surface area contributed by atoms with Crippen molar-refractivity contribution in [3.8, 4) is 0 Å². The molecule has 30 heavy (non-hydrogen) atoms. The monoisotopic (exact) mass is 437 g/mol. The van der Waals surface area contributed by atoms with E-state index in [1.807, 2.05) is 30.3 Å². The Morgan fingerprint density at radius 1 is 0.867 bits per heavy atom. The van der Waals surface area contributed by atoms with Crippen LogP contribution < -0.4 is 5.46 Å². The number of nitrogens with zero attached hydrogens (tertiary/aromatic N) is 1. The van der Waals surface area contributed by atoms with E-state index in [1.54, 1.807) is 0 Å². The number of fused-ring (bicyclic) bond motifs is 3. The molecule has 0 amide bonds. The third-order valence-electron chi connectivity index (χ3n) is 5.64. The first-order valence-corrected chi connectivity index (χ1v) is 10.1. The van der Waals surface area contributed by atoms with Crippen molar-refractivity contribution in [3.05, 3.63) is 102 Å². The summed E-state index contributed by atoms with van der Waals surface area (Å²) in [6.45, 7) is 0.896. The van der Waals surface area contributed by atoms with E-state index < -0.39 is 0 Å². The van der Waals surface area contributed by atoms with Crippen molar-refractivity contribution in [2.24, 2.45) is 0 Å². The summed E-state index contributed by atoms with van der Waals surface area (Å²) in [5.74, 6) is 0. The Morgan fingerprint density at radius 3 is 1.97 bits per heavy atom. The summed E-state index contributed by atoms with van der Waals surface area (Å²) in [6, 6.07) is 29.3. The van der Waals surface area contributed by atoms with Gasteiger partial charge < -0.3 is 44.5 Å². The molecule has 1 heterocycles. The molecule has 2 atom stereocenters. The van der Waals surface area contributed by atoms with Crippen LogP contribution in [0, 0.1) is 0 Å². The van der Waals surface area contributed by atoms with Crippen molar-refractivity contribution in [1.82, 2.24) is 4.90 Å². The Kier molecular flexibility index (Phi) is 6.28. The van der Waals surface area contributed by atoms with Crippen molar-refractivity contribution < 1.29 is 26.4 Å². The van der Waals surface area contributed by atoms with Crippen LogP contribution >= 0.6 is 0 Å². The zero-order valence-electron chi connectivity index (χ0n) is 17.1. The van der Waals surface area contributed by atoms with Gasteiger partial charge in [-0.15, -0.1) is 5.46 Å². The maximum Gasteiger partial charge on any atom is 0.419 e. The van der Waals surface area contributed by atoms with Crippen molar-refractivity contribution in [2.45, 2.75) is 18.8 Å². The molecule has 3 nitrogen and oxygen atoms in total. The third kappa shape index (κ3) is 3.80. The van der Waals surface area contributed by atoms with Crippen LogP contribution in [-0.2, 0) is 32.9 Å². The SMILES string of the molecule is CN(C)Cc1ccc[c-]1B1O[C@@H]2c3cccc4cccc(c34)[C@@H]2O1.[Fe].[cH-]1[cH-][cH-][cH-][cH-]1. The molecule has 1 saturated heterocycles. The van der Waals surface area contributed by atoms with Crippen LogP contribution in [0.15, 0.2) is 84.9 Å². The molecule has 0 unspecified atom stereocenters. The van der Waals surface area contributed by atoms with Gasteiger partial charge in [-0.05, 0) is 42.5 Å². The molecule has 0 N–H and O–H groups in total. The molecule has 4 aromatic rings. The summed E-state index contributed by atoms with van der Waals surface area (Å²) < 4.78 is 12.8. The summed E-state index contributed by atoms with van der Waals surface area (Å²) in [6.07, 6.45) is -0.00332. The van der Waals surface area contributed by atoms with Gasteiger partial charge in [-0.1, -0.05) is 36.4 Å². The molecule has 0 aromatic heterocycles. The maximum absolute atomic E-state index is 6.38. The van der Waals surface area contributed by atoms with Gasteiger partial charge in [-0.25, -0.2) is 12.1 Å². The Morgan fingerprint density at radius 2 is 1.43 bits per heavy atom. The molecule has 1 fully saturated rings. The van der Waals surface area contributed by atoms with Gasteiger partial charge in [0.25, 0.3) is 0 Å². The van der Waals surface area contributed by atoms with Crippen molar-refractivity contribution in [3.63, 3.8) is 0 Å². The summed E-state index contributed by atoms with van der Waals surface area (Å²) in [5, 5.41) is 2.58. The zero-order chi connectivity index (χ0) is 19.8. The number of benzene rings is 2. The van der Waals surface area contributed by atoms with E-state index >= 15 is 0 Å². The molecule has 6 rings (SSSR count). The zero-order valence-corrected chi connectivity index (χ0v) is 18.2. The molecule has 1 aliphatic carbocycles. The van der Waals surface area contributed by atoms with E-state index in [1.165, 1.54) is 27.5 Å². The summed E-state index contributed by atoms with van der Waals surface area (Å²) in [5.41, 5.74) is 4.95. The van der Waals surface area contributed by atoms with Crippen molar-refractivity contribution in [2.75, 3.05) is 14.1 Å². The van der Waals surface area contributed by atoms with Gasteiger partial charge in [0.05, 0.1) is 12.2 Å². The van der Waals surface area contributed by atoms with Gasteiger partial charge in [0.15, 0.2) is 0 Å². The van der Waals surface area contributed by atoms with Gasteiger partial charge >= 0.3 is 7.12 Å². The normalized spacial score (nSPS) is 18.8. The van der Waals surface area contributed by atoms with E-state index in [9.17, 15) is 0 Å². The molecule has 0 bridgehead atoms. The first-order valence-electron chi connectivity index (χ1n) is 10.1. The predicted octanol–water partition coefficient (Wildman–Crippen LogP) is 4.56. The largest absolute Gasteiger partial charge is 0.748 e. The van der Waals surface area contributed by atoms with Crippen LogP contribution in [0.4, 0.5) is 0 Å². The minimum Gasteiger partial charge on any atom is -0.748 e. The fourth-order valence-electron chi connectivity index (χ4n) is 4.44. The minimum absolute atomic E-state index is 0. The minimum atomic E-state index is -0.284. The molecule has 0 radical (unpaired) electrons. The van der Waals surface area contributed by atoms with Gasteiger partial charge in [0, 0.05) is 17.1 Å². The molecule has 5 heteroatoms. The number of rotatable bonds is 3. The first-order chi connectivity index (χ1) is 14.2. The van der Waals surface area contributed by atoms with E-state index in [4.69, 9.17) is 9.31 Å². The average Bonchev–Trinajstić information content (AvgIpc) is 3.49. The van der Waals surface area contributed by atoms with Crippen LogP contribution in [0.25, 0.3) is 10.8 Å². The smallest absolute Gasteiger partial charge is 0.419 e. The van der Waals surface area contributed by atoms with Gasteiger partial charge in [0.2, 0.25) is 0 Å². The molecular weight excluding hydrogens is 413 g/mol. The van der Waals surface area contributed by atoms with E-state index in [2.05, 4.69) is 73.6 Å². The molecular formula is C25H24BFeNO2-6. The predicted molar refractivity (Wildman–Crippen MR) is 118 cm³/mol. The summed E-state index contributed by atoms with van der Waals surface area (Å²) >= 11 is 0. The van der Waals surface area contributed by atoms with E-state index in [0.717, 1.165) is 12.0 Å². The molecule has 0 spiro atoms. The van der Waals surface area contributed by atoms with Crippen LogP contribution in [0.3, 0.4) is 0 Å². The van der Waals surface area contributed by atoms with Gasteiger partial charge in [-0.3, -0.25) is 0 Å². The second kappa shape index (κ2) is 8.93. The van der Waals surface area contributed by atoms with Crippen LogP contribution in [0.1, 0.15) is 28.9 Å². The summed E-state index contributed by atoms with van der Waals surface area (Å²) in [4.78, 5) is 2.17. The Balaban J connectivity index is 0.000000321. The third-order valence-corrected chi connectivity index (χ3v) is 5.64.